The first kappa shape index (κ1) is 25.5. The van der Waals surface area contributed by atoms with Gasteiger partial charge in [0.2, 0.25) is 5.95 Å². The number of ether oxygens (including phenoxy) is 1. The summed E-state index contributed by atoms with van der Waals surface area (Å²) in [6, 6.07) is 20.3. The van der Waals surface area contributed by atoms with Gasteiger partial charge >= 0.3 is 5.97 Å². The van der Waals surface area contributed by atoms with Gasteiger partial charge in [-0.05, 0) is 69.7 Å². The van der Waals surface area contributed by atoms with Gasteiger partial charge in [0.05, 0.1) is 16.7 Å². The van der Waals surface area contributed by atoms with Crippen molar-refractivity contribution in [2.75, 3.05) is 10.6 Å². The van der Waals surface area contributed by atoms with Crippen molar-refractivity contribution >= 4 is 29.2 Å². The van der Waals surface area contributed by atoms with Gasteiger partial charge in [-0.25, -0.2) is 9.97 Å². The number of anilines is 3. The van der Waals surface area contributed by atoms with Crippen molar-refractivity contribution in [3.05, 3.63) is 96.4 Å². The van der Waals surface area contributed by atoms with E-state index in [4.69, 9.17) is 4.74 Å². The number of amides is 1. The molecule has 4 aromatic rings. The quantitative estimate of drug-likeness (QED) is 0.267. The van der Waals surface area contributed by atoms with E-state index in [1.807, 2.05) is 94.7 Å². The highest BCUT2D eigenvalue weighted by Gasteiger charge is 2.24. The fourth-order valence-corrected chi connectivity index (χ4v) is 3.43. The summed E-state index contributed by atoms with van der Waals surface area (Å²) < 4.78 is 7.20. The second-order valence-electron chi connectivity index (χ2n) is 9.66. The van der Waals surface area contributed by atoms with Crippen LogP contribution in [0.25, 0.3) is 11.3 Å². The maximum Gasteiger partial charge on any atom is 0.316 e. The van der Waals surface area contributed by atoms with Crippen LogP contribution in [0.5, 0.6) is 0 Å². The van der Waals surface area contributed by atoms with Crippen LogP contribution in [0, 0.1) is 12.3 Å². The number of hydrogen-bond acceptors (Lipinski definition) is 6. The van der Waals surface area contributed by atoms with Crippen molar-refractivity contribution in [2.24, 2.45) is 5.41 Å². The number of benzene rings is 2. The zero-order valence-electron chi connectivity index (χ0n) is 21.4. The number of aryl methyl sites for hydroxylation is 1. The zero-order valence-corrected chi connectivity index (χ0v) is 21.4. The maximum atomic E-state index is 12.5. The van der Waals surface area contributed by atoms with Crippen LogP contribution in [0.1, 0.15) is 36.7 Å². The Morgan fingerprint density at radius 2 is 1.78 bits per heavy atom. The molecule has 2 N–H and O–H groups in total. The first-order valence-electron chi connectivity index (χ1n) is 11.9. The molecular formula is C29H30N5O3+. The number of nitrogens with one attached hydrogen (secondary N) is 2. The Balaban J connectivity index is 1.49. The van der Waals surface area contributed by atoms with Gasteiger partial charge in [0.1, 0.15) is 0 Å². The Bertz CT molecular complexity index is 1410. The molecule has 0 fully saturated rings. The van der Waals surface area contributed by atoms with Crippen molar-refractivity contribution in [1.82, 2.24) is 9.97 Å². The Morgan fingerprint density at radius 1 is 1.00 bits per heavy atom. The first-order chi connectivity index (χ1) is 17.7. The number of aromatic nitrogens is 3. The summed E-state index contributed by atoms with van der Waals surface area (Å²) in [4.78, 5) is 33.7. The highest BCUT2D eigenvalue weighted by molar-refractivity contribution is 6.04. The molecule has 0 aliphatic heterocycles. The van der Waals surface area contributed by atoms with E-state index in [1.54, 1.807) is 22.9 Å². The second-order valence-corrected chi connectivity index (χ2v) is 9.66. The number of rotatable bonds is 7. The van der Waals surface area contributed by atoms with Gasteiger partial charge < -0.3 is 15.4 Å². The fraction of sp³-hybridized carbons (Fsp3) is 0.207. The summed E-state index contributed by atoms with van der Waals surface area (Å²) >= 11 is 0. The number of hydrogen-bond donors (Lipinski definition) is 2. The van der Waals surface area contributed by atoms with Crippen molar-refractivity contribution in [1.29, 1.82) is 0 Å². The summed E-state index contributed by atoms with van der Waals surface area (Å²) in [7, 11) is 0. The molecule has 0 saturated carbocycles. The summed E-state index contributed by atoms with van der Waals surface area (Å²) in [6.07, 6.45) is 5.38. The lowest BCUT2D eigenvalue weighted by Crippen LogP contribution is -2.37. The Labute approximate surface area is 216 Å². The van der Waals surface area contributed by atoms with Gasteiger partial charge in [-0.15, -0.1) is 0 Å². The van der Waals surface area contributed by atoms with Crippen LogP contribution >= 0.6 is 0 Å². The van der Waals surface area contributed by atoms with Crippen LogP contribution in [0.15, 0.2) is 85.3 Å². The monoisotopic (exact) mass is 496 g/mol. The van der Waals surface area contributed by atoms with E-state index >= 15 is 0 Å². The topological polar surface area (TPSA) is 97.1 Å². The third-order valence-electron chi connectivity index (χ3n) is 5.54. The van der Waals surface area contributed by atoms with Gasteiger partial charge in [0, 0.05) is 29.2 Å². The number of carbonyl (C=O) groups excluding carboxylic acids is 2. The van der Waals surface area contributed by atoms with Crippen LogP contribution in [0.4, 0.5) is 17.3 Å². The molecule has 8 heteroatoms. The van der Waals surface area contributed by atoms with Gasteiger partial charge in [-0.3, -0.25) is 9.59 Å². The molecule has 0 spiro atoms. The molecule has 37 heavy (non-hydrogen) atoms. The lowest BCUT2D eigenvalue weighted by Gasteiger charge is -2.14. The predicted octanol–water partition coefficient (Wildman–Crippen LogP) is 5.28. The van der Waals surface area contributed by atoms with E-state index in [0.29, 0.717) is 22.9 Å². The largest absolute Gasteiger partial charge is 0.404 e. The Hall–Kier alpha value is -4.59. The van der Waals surface area contributed by atoms with Crippen LogP contribution in [-0.4, -0.2) is 21.8 Å². The molecule has 0 radical (unpaired) electrons. The van der Waals surface area contributed by atoms with Crippen LogP contribution in [0.2, 0.25) is 0 Å². The molecule has 188 valence electrons. The second kappa shape index (κ2) is 11.0. The number of esters is 1. The molecule has 8 nitrogen and oxygen atoms in total. The van der Waals surface area contributed by atoms with Gasteiger partial charge in [-0.1, -0.05) is 24.3 Å². The van der Waals surface area contributed by atoms with Crippen molar-refractivity contribution in [3.63, 3.8) is 0 Å². The lowest BCUT2D eigenvalue weighted by atomic mass is 9.98. The fourth-order valence-electron chi connectivity index (χ4n) is 3.43. The smallest absolute Gasteiger partial charge is 0.316 e. The van der Waals surface area contributed by atoms with Crippen molar-refractivity contribution in [2.45, 2.75) is 34.4 Å². The summed E-state index contributed by atoms with van der Waals surface area (Å²) in [5, 5.41) is 6.18. The van der Waals surface area contributed by atoms with Gasteiger partial charge in [0.15, 0.2) is 12.4 Å². The van der Waals surface area contributed by atoms with E-state index < -0.39 is 5.41 Å². The average molecular weight is 497 g/mol. The molecule has 4 rings (SSSR count). The molecule has 2 aromatic carbocycles. The van der Waals surface area contributed by atoms with E-state index in [0.717, 1.165) is 16.8 Å². The molecule has 2 aromatic heterocycles. The van der Waals surface area contributed by atoms with Crippen LogP contribution in [0.3, 0.4) is 0 Å². The number of pyridine rings is 1. The minimum absolute atomic E-state index is 0.112. The molecule has 0 saturated heterocycles. The highest BCUT2D eigenvalue weighted by atomic mass is 16.5. The number of nitrogens with zero attached hydrogens (tertiary/aromatic N) is 3. The molecule has 0 bridgehead atoms. The van der Waals surface area contributed by atoms with E-state index in [9.17, 15) is 9.59 Å². The lowest BCUT2D eigenvalue weighted by molar-refractivity contribution is -0.727. The molecule has 0 atom stereocenters. The Morgan fingerprint density at radius 3 is 2.54 bits per heavy atom. The zero-order chi connectivity index (χ0) is 26.4. The van der Waals surface area contributed by atoms with E-state index in [1.165, 1.54) is 0 Å². The Kier molecular flexibility index (Phi) is 7.57. The van der Waals surface area contributed by atoms with Gasteiger partial charge in [0.25, 0.3) is 12.6 Å². The van der Waals surface area contributed by atoms with E-state index in [-0.39, 0.29) is 18.6 Å². The minimum atomic E-state index is -0.564. The maximum absolute atomic E-state index is 12.5. The molecule has 0 aliphatic carbocycles. The first-order valence-corrected chi connectivity index (χ1v) is 11.9. The highest BCUT2D eigenvalue weighted by Crippen LogP contribution is 2.24. The minimum Gasteiger partial charge on any atom is -0.404 e. The summed E-state index contributed by atoms with van der Waals surface area (Å²) in [5.41, 5.74) is 3.99. The van der Waals surface area contributed by atoms with E-state index in [2.05, 4.69) is 20.6 Å². The predicted molar refractivity (Wildman–Crippen MR) is 142 cm³/mol. The SMILES string of the molecule is Cc1ccc(NC(=O)c2ccccc2)cc1Nc1nccc(-c2ccc[n+](COC(=O)C(C)(C)C)c2)n1. The summed E-state index contributed by atoms with van der Waals surface area (Å²) in [5.74, 6) is -0.0302. The molecular weight excluding hydrogens is 466 g/mol. The van der Waals surface area contributed by atoms with Crippen molar-refractivity contribution in [3.8, 4) is 11.3 Å². The molecule has 0 unspecified atom stereocenters. The third-order valence-corrected chi connectivity index (χ3v) is 5.54. The van der Waals surface area contributed by atoms with Crippen LogP contribution in [-0.2, 0) is 16.3 Å². The number of carbonyl (C=O) groups is 2. The van der Waals surface area contributed by atoms with Crippen LogP contribution < -0.4 is 15.2 Å². The molecule has 0 aliphatic rings. The summed E-state index contributed by atoms with van der Waals surface area (Å²) in [6.45, 7) is 7.54. The average Bonchev–Trinajstić information content (AvgIpc) is 2.89. The third kappa shape index (κ3) is 6.76. The molecule has 1 amide bonds. The normalized spacial score (nSPS) is 11.0. The standard InChI is InChI=1S/C29H29N5O3/c1-20-12-13-23(31-26(35)21-9-6-5-7-10-21)17-25(20)33-28-30-15-14-24(32-28)22-11-8-16-34(18-22)19-37-27(36)29(2,3)4/h5-18H,19H2,1-4H3,(H-,30,31,32,33,35)/p+1. The van der Waals surface area contributed by atoms with Crippen molar-refractivity contribution < 1.29 is 18.9 Å². The molecule has 2 heterocycles. The van der Waals surface area contributed by atoms with Gasteiger partial charge in [-0.2, -0.15) is 4.57 Å².